The van der Waals surface area contributed by atoms with Crippen molar-refractivity contribution in [3.8, 4) is 0 Å². The number of rotatable bonds is 4. The second kappa shape index (κ2) is 5.27. The lowest BCUT2D eigenvalue weighted by Gasteiger charge is -2.08. The van der Waals surface area contributed by atoms with E-state index >= 15 is 0 Å². The van der Waals surface area contributed by atoms with Crippen molar-refractivity contribution in [2.45, 2.75) is 11.8 Å². The molecule has 0 saturated heterocycles. The fourth-order valence-electron chi connectivity index (χ4n) is 1.53. The first-order valence-electron chi connectivity index (χ1n) is 5.74. The minimum Gasteiger partial charge on any atom is -0.388 e. The van der Waals surface area contributed by atoms with Crippen LogP contribution >= 0.6 is 0 Å². The molecule has 0 aliphatic rings. The summed E-state index contributed by atoms with van der Waals surface area (Å²) in [6, 6.07) is 9.93. The number of anilines is 2. The van der Waals surface area contributed by atoms with Crippen LogP contribution < -0.4 is 10.0 Å². The minimum atomic E-state index is -3.59. The Morgan fingerprint density at radius 3 is 2.26 bits per heavy atom. The lowest BCUT2D eigenvalue weighted by Crippen LogP contribution is -2.13. The molecule has 0 aliphatic carbocycles. The van der Waals surface area contributed by atoms with Crippen molar-refractivity contribution in [2.24, 2.45) is 0 Å². The number of nitrogens with zero attached hydrogens (tertiary/aromatic N) is 1. The molecular formula is C13H15N3O2S. The van der Waals surface area contributed by atoms with E-state index in [1.165, 1.54) is 0 Å². The Morgan fingerprint density at radius 1 is 1.05 bits per heavy atom. The Kier molecular flexibility index (Phi) is 3.71. The monoisotopic (exact) mass is 277 g/mol. The molecule has 1 aromatic carbocycles. The molecule has 5 nitrogen and oxygen atoms in total. The maximum Gasteiger partial charge on any atom is 0.263 e. The standard InChI is InChI=1S/C13H15N3O2S/c1-10-3-8-13(15-9-10)16-19(17,18)12-6-4-11(14-2)5-7-12/h3-9,14H,1-2H3,(H,15,16). The van der Waals surface area contributed by atoms with Gasteiger partial charge in [0.1, 0.15) is 5.82 Å². The van der Waals surface area contributed by atoms with E-state index in [-0.39, 0.29) is 4.90 Å². The number of sulfonamides is 1. The number of benzene rings is 1. The molecule has 0 unspecified atom stereocenters. The highest BCUT2D eigenvalue weighted by atomic mass is 32.2. The Bertz CT molecular complexity index is 649. The van der Waals surface area contributed by atoms with Crippen LogP contribution in [0, 0.1) is 6.92 Å². The van der Waals surface area contributed by atoms with Crippen molar-refractivity contribution >= 4 is 21.5 Å². The summed E-state index contributed by atoms with van der Waals surface area (Å²) in [6.45, 7) is 1.89. The first-order chi connectivity index (χ1) is 9.01. The van der Waals surface area contributed by atoms with E-state index in [4.69, 9.17) is 0 Å². The van der Waals surface area contributed by atoms with Gasteiger partial charge in [0.25, 0.3) is 10.0 Å². The van der Waals surface area contributed by atoms with Gasteiger partial charge in [-0.05, 0) is 42.8 Å². The fourth-order valence-corrected chi connectivity index (χ4v) is 2.53. The summed E-state index contributed by atoms with van der Waals surface area (Å²) in [4.78, 5) is 4.22. The maximum atomic E-state index is 12.1. The quantitative estimate of drug-likeness (QED) is 0.899. The van der Waals surface area contributed by atoms with Crippen molar-refractivity contribution in [1.29, 1.82) is 0 Å². The molecule has 19 heavy (non-hydrogen) atoms. The van der Waals surface area contributed by atoms with Crippen LogP contribution in [0.15, 0.2) is 47.5 Å². The van der Waals surface area contributed by atoms with Gasteiger partial charge < -0.3 is 5.32 Å². The van der Waals surface area contributed by atoms with E-state index in [0.29, 0.717) is 5.82 Å². The van der Waals surface area contributed by atoms with Crippen LogP contribution in [0.1, 0.15) is 5.56 Å². The molecule has 0 amide bonds. The fraction of sp³-hybridized carbons (Fsp3) is 0.154. The van der Waals surface area contributed by atoms with E-state index in [1.807, 2.05) is 6.92 Å². The van der Waals surface area contributed by atoms with Crippen molar-refractivity contribution in [2.75, 3.05) is 17.1 Å². The zero-order valence-corrected chi connectivity index (χ0v) is 11.5. The Labute approximate surface area is 112 Å². The Morgan fingerprint density at radius 2 is 1.74 bits per heavy atom. The van der Waals surface area contributed by atoms with Gasteiger partial charge in [0.05, 0.1) is 4.90 Å². The second-order valence-electron chi connectivity index (χ2n) is 4.10. The average molecular weight is 277 g/mol. The van der Waals surface area contributed by atoms with Gasteiger partial charge in [0, 0.05) is 18.9 Å². The predicted molar refractivity (Wildman–Crippen MR) is 75.8 cm³/mol. The van der Waals surface area contributed by atoms with Crippen molar-refractivity contribution < 1.29 is 8.42 Å². The lowest BCUT2D eigenvalue weighted by atomic mass is 10.3. The molecule has 0 spiro atoms. The van der Waals surface area contributed by atoms with E-state index in [2.05, 4.69) is 15.0 Å². The number of pyridine rings is 1. The number of nitrogens with one attached hydrogen (secondary N) is 2. The first kappa shape index (κ1) is 13.4. The predicted octanol–water partition coefficient (Wildman–Crippen LogP) is 2.23. The molecule has 100 valence electrons. The number of aromatic nitrogens is 1. The third-order valence-electron chi connectivity index (χ3n) is 2.60. The maximum absolute atomic E-state index is 12.1. The second-order valence-corrected chi connectivity index (χ2v) is 5.78. The normalized spacial score (nSPS) is 11.1. The van der Waals surface area contributed by atoms with Gasteiger partial charge in [-0.25, -0.2) is 13.4 Å². The van der Waals surface area contributed by atoms with Crippen LogP contribution in [0.3, 0.4) is 0 Å². The van der Waals surface area contributed by atoms with Gasteiger partial charge in [-0.1, -0.05) is 6.07 Å². The van der Waals surface area contributed by atoms with Crippen molar-refractivity contribution in [1.82, 2.24) is 4.98 Å². The molecule has 2 aromatic rings. The summed E-state index contributed by atoms with van der Waals surface area (Å²) in [5, 5.41) is 2.93. The molecule has 2 N–H and O–H groups in total. The van der Waals surface area contributed by atoms with Crippen molar-refractivity contribution in [3.63, 3.8) is 0 Å². The molecule has 1 aromatic heterocycles. The minimum absolute atomic E-state index is 0.203. The van der Waals surface area contributed by atoms with Crippen LogP contribution in [-0.2, 0) is 10.0 Å². The Hall–Kier alpha value is -2.08. The molecule has 0 saturated carbocycles. The van der Waals surface area contributed by atoms with E-state index < -0.39 is 10.0 Å². The third-order valence-corrected chi connectivity index (χ3v) is 3.97. The smallest absolute Gasteiger partial charge is 0.263 e. The summed E-state index contributed by atoms with van der Waals surface area (Å²) in [7, 11) is -1.82. The molecular weight excluding hydrogens is 262 g/mol. The Balaban J connectivity index is 2.24. The van der Waals surface area contributed by atoms with E-state index in [0.717, 1.165) is 11.3 Å². The zero-order valence-electron chi connectivity index (χ0n) is 10.7. The van der Waals surface area contributed by atoms with Crippen LogP contribution in [-0.4, -0.2) is 20.4 Å². The van der Waals surface area contributed by atoms with Gasteiger partial charge >= 0.3 is 0 Å². The first-order valence-corrected chi connectivity index (χ1v) is 7.23. The van der Waals surface area contributed by atoms with Gasteiger partial charge in [0.2, 0.25) is 0 Å². The van der Waals surface area contributed by atoms with Gasteiger partial charge in [-0.3, -0.25) is 4.72 Å². The molecule has 2 rings (SSSR count). The molecule has 0 fully saturated rings. The third kappa shape index (κ3) is 3.23. The average Bonchev–Trinajstić information content (AvgIpc) is 2.41. The molecule has 6 heteroatoms. The van der Waals surface area contributed by atoms with Gasteiger partial charge in [0.15, 0.2) is 0 Å². The number of hydrogen-bond donors (Lipinski definition) is 2. The molecule has 1 heterocycles. The summed E-state index contributed by atoms with van der Waals surface area (Å²) >= 11 is 0. The topological polar surface area (TPSA) is 71.1 Å². The van der Waals surface area contributed by atoms with Gasteiger partial charge in [-0.15, -0.1) is 0 Å². The SMILES string of the molecule is CNc1ccc(S(=O)(=O)Nc2ccc(C)cn2)cc1. The van der Waals surface area contributed by atoms with Crippen LogP contribution in [0.5, 0.6) is 0 Å². The summed E-state index contributed by atoms with van der Waals surface area (Å²) in [5.74, 6) is 0.309. The molecule has 0 atom stereocenters. The van der Waals surface area contributed by atoms with Crippen LogP contribution in [0.4, 0.5) is 11.5 Å². The van der Waals surface area contributed by atoms with Crippen LogP contribution in [0.2, 0.25) is 0 Å². The highest BCUT2D eigenvalue weighted by molar-refractivity contribution is 7.92. The molecule has 0 aliphatic heterocycles. The molecule has 0 bridgehead atoms. The van der Waals surface area contributed by atoms with Gasteiger partial charge in [-0.2, -0.15) is 0 Å². The largest absolute Gasteiger partial charge is 0.388 e. The van der Waals surface area contributed by atoms with E-state index in [9.17, 15) is 8.42 Å². The number of hydrogen-bond acceptors (Lipinski definition) is 4. The highest BCUT2D eigenvalue weighted by Crippen LogP contribution is 2.16. The number of aryl methyl sites for hydroxylation is 1. The zero-order chi connectivity index (χ0) is 13.9. The van der Waals surface area contributed by atoms with Crippen LogP contribution in [0.25, 0.3) is 0 Å². The van der Waals surface area contributed by atoms with E-state index in [1.54, 1.807) is 49.6 Å². The molecule has 0 radical (unpaired) electrons. The van der Waals surface area contributed by atoms with Crippen molar-refractivity contribution in [3.05, 3.63) is 48.2 Å². The summed E-state index contributed by atoms with van der Waals surface area (Å²) in [5.41, 5.74) is 1.83. The lowest BCUT2D eigenvalue weighted by molar-refractivity contribution is 0.601. The summed E-state index contributed by atoms with van der Waals surface area (Å²) in [6.07, 6.45) is 1.61. The highest BCUT2D eigenvalue weighted by Gasteiger charge is 2.14. The summed E-state index contributed by atoms with van der Waals surface area (Å²) < 4.78 is 26.7.